The molecule has 0 aliphatic carbocycles. The largest absolute Gasteiger partial charge is 0.490 e. The third-order valence-electron chi connectivity index (χ3n) is 1.46. The molecule has 32 heteroatoms. The monoisotopic (exact) mass is 1000 g/mol. The normalized spacial score (nSPS) is 10.8. The van der Waals surface area contributed by atoms with Crippen LogP contribution in [0.2, 0.25) is 0 Å². The van der Waals surface area contributed by atoms with E-state index in [1.807, 2.05) is 0 Å². The van der Waals surface area contributed by atoms with Gasteiger partial charge in [-0.3, -0.25) is 0 Å². The van der Waals surface area contributed by atoms with Gasteiger partial charge in [-0.15, -0.1) is 0 Å². The minimum Gasteiger partial charge on any atom is -0.475 e. The van der Waals surface area contributed by atoms with E-state index in [4.69, 9.17) is 59.4 Å². The molecule has 0 fully saturated rings. The molecule has 0 saturated carbocycles. The molecule has 2 radical (unpaired) electrons. The molecular formula is C12H6F18O12Tb2. The Morgan fingerprint density at radius 1 is 0.250 bits per heavy atom. The summed E-state index contributed by atoms with van der Waals surface area (Å²) in [4.78, 5) is 53.4. The number of rotatable bonds is 0. The molecule has 0 amide bonds. The summed E-state index contributed by atoms with van der Waals surface area (Å²) in [6, 6.07) is 0. The summed E-state index contributed by atoms with van der Waals surface area (Å²) in [7, 11) is 0. The van der Waals surface area contributed by atoms with Gasteiger partial charge >= 0.3 is 72.9 Å². The first-order valence-electron chi connectivity index (χ1n) is 7.47. The van der Waals surface area contributed by atoms with Crippen LogP contribution in [-0.4, -0.2) is 104 Å². The van der Waals surface area contributed by atoms with Crippen LogP contribution in [0.5, 0.6) is 0 Å². The molecule has 0 atom stereocenters. The molecule has 12 nitrogen and oxygen atoms in total. The van der Waals surface area contributed by atoms with E-state index in [0.29, 0.717) is 0 Å². The summed E-state index contributed by atoms with van der Waals surface area (Å²) in [5.74, 6) is -16.5. The molecule has 0 aliphatic heterocycles. The molecule has 0 aromatic heterocycles. The summed E-state index contributed by atoms with van der Waals surface area (Å²) >= 11 is 0. The maximum atomic E-state index is 10.6. The topological polar surface area (TPSA) is 224 Å². The molecule has 0 bridgehead atoms. The van der Waals surface area contributed by atoms with E-state index in [0.717, 1.165) is 0 Å². The quantitative estimate of drug-likeness (QED) is 0.191. The fourth-order valence-corrected chi connectivity index (χ4v) is 0. The second kappa shape index (κ2) is 24.4. The van der Waals surface area contributed by atoms with Crippen LogP contribution in [0, 0.1) is 77.2 Å². The average molecular weight is 1000 g/mol. The number of alkyl halides is 18. The second-order valence-electron chi connectivity index (χ2n) is 4.82. The Balaban J connectivity index is -0.0000000584. The Morgan fingerprint density at radius 2 is 0.273 bits per heavy atom. The number of halogens is 18. The molecule has 44 heavy (non-hydrogen) atoms. The maximum Gasteiger partial charge on any atom is 0.490 e. The molecule has 270 valence electrons. The summed E-state index contributed by atoms with van der Waals surface area (Å²) in [5.41, 5.74) is 0. The van der Waals surface area contributed by atoms with Crippen molar-refractivity contribution in [1.29, 1.82) is 0 Å². The van der Waals surface area contributed by atoms with Gasteiger partial charge in [0.25, 0.3) is 0 Å². The van der Waals surface area contributed by atoms with Crippen molar-refractivity contribution in [2.45, 2.75) is 37.1 Å². The number of hydrogen-bond acceptors (Lipinski definition) is 6. The number of aliphatic carboxylic acids is 6. The zero-order chi connectivity index (χ0) is 36.5. The fraction of sp³-hybridized carbons (Fsp3) is 0.500. The molecule has 6 N–H and O–H groups in total. The number of carboxylic acids is 6. The van der Waals surface area contributed by atoms with Crippen LogP contribution in [0.3, 0.4) is 0 Å². The van der Waals surface area contributed by atoms with E-state index >= 15 is 0 Å². The summed E-state index contributed by atoms with van der Waals surface area (Å²) in [5, 5.41) is 42.8. The predicted octanol–water partition coefficient (Wildman–Crippen LogP) is 3.80. The predicted molar refractivity (Wildman–Crippen MR) is 82.1 cm³/mol. The van der Waals surface area contributed by atoms with Crippen molar-refractivity contribution in [3.63, 3.8) is 0 Å². The number of hydrogen-bond donors (Lipinski definition) is 6. The molecule has 0 heterocycles. The summed E-state index contributed by atoms with van der Waals surface area (Å²) in [6.45, 7) is 0. The van der Waals surface area contributed by atoms with Crippen LogP contribution < -0.4 is 0 Å². The van der Waals surface area contributed by atoms with Gasteiger partial charge in [-0.25, -0.2) is 28.8 Å². The van der Waals surface area contributed by atoms with E-state index in [-0.39, 0.29) is 77.2 Å². The Labute approximate surface area is 286 Å². The van der Waals surface area contributed by atoms with Gasteiger partial charge in [0.05, 0.1) is 0 Å². The minimum atomic E-state index is -5.08. The van der Waals surface area contributed by atoms with Gasteiger partial charge in [-0.05, 0) is 0 Å². The molecule has 0 aromatic rings. The molecule has 0 spiro atoms. The smallest absolute Gasteiger partial charge is 0.475 e. The first-order chi connectivity index (χ1) is 17.7. The van der Waals surface area contributed by atoms with Crippen LogP contribution in [0.25, 0.3) is 0 Å². The molecule has 0 aliphatic rings. The summed E-state index contributed by atoms with van der Waals surface area (Å²) < 4.78 is 190. The second-order valence-corrected chi connectivity index (χ2v) is 4.82. The van der Waals surface area contributed by atoms with E-state index in [1.165, 1.54) is 0 Å². The fourth-order valence-electron chi connectivity index (χ4n) is 0. The van der Waals surface area contributed by atoms with E-state index < -0.39 is 72.9 Å². The number of carboxylic acid groups (broad SMARTS) is 6. The Bertz CT molecular complexity index is 698. The first kappa shape index (κ1) is 61.2. The molecular weight excluding hydrogens is 996 g/mol. The van der Waals surface area contributed by atoms with Crippen LogP contribution >= 0.6 is 0 Å². The Hall–Kier alpha value is -1.87. The van der Waals surface area contributed by atoms with Crippen molar-refractivity contribution in [2.24, 2.45) is 0 Å². The van der Waals surface area contributed by atoms with E-state index in [2.05, 4.69) is 0 Å². The van der Waals surface area contributed by atoms with Crippen molar-refractivity contribution in [3.8, 4) is 0 Å². The Morgan fingerprint density at radius 3 is 0.273 bits per heavy atom. The zero-order valence-electron chi connectivity index (χ0n) is 18.6. The molecule has 0 unspecified atom stereocenters. The van der Waals surface area contributed by atoms with Gasteiger partial charge in [-0.1, -0.05) is 0 Å². The van der Waals surface area contributed by atoms with Crippen molar-refractivity contribution < 1.29 is 216 Å². The van der Waals surface area contributed by atoms with Crippen LogP contribution in [0.1, 0.15) is 0 Å². The van der Waals surface area contributed by atoms with Crippen molar-refractivity contribution in [2.75, 3.05) is 0 Å². The van der Waals surface area contributed by atoms with Crippen LogP contribution in [-0.2, 0) is 28.8 Å². The van der Waals surface area contributed by atoms with Crippen molar-refractivity contribution in [1.82, 2.24) is 0 Å². The van der Waals surface area contributed by atoms with Crippen molar-refractivity contribution >= 4 is 35.8 Å². The van der Waals surface area contributed by atoms with E-state index in [1.54, 1.807) is 0 Å². The minimum absolute atomic E-state index is 0. The van der Waals surface area contributed by atoms with Crippen LogP contribution in [0.4, 0.5) is 79.0 Å². The Kier molecular flexibility index (Phi) is 33.9. The molecule has 0 aromatic carbocycles. The van der Waals surface area contributed by atoms with Gasteiger partial charge < -0.3 is 30.6 Å². The first-order valence-corrected chi connectivity index (χ1v) is 7.47. The van der Waals surface area contributed by atoms with Gasteiger partial charge in [0, 0.05) is 77.2 Å². The van der Waals surface area contributed by atoms with Gasteiger partial charge in [0.15, 0.2) is 0 Å². The SMILES string of the molecule is O=C(O)C(F)(F)F.O=C(O)C(F)(F)F.O=C(O)C(F)(F)F.O=C(O)C(F)(F)F.O=C(O)C(F)(F)F.O=C(O)C(F)(F)F.[Tb].[Tb]. The van der Waals surface area contributed by atoms with E-state index in [9.17, 15) is 79.0 Å². The van der Waals surface area contributed by atoms with Crippen molar-refractivity contribution in [3.05, 3.63) is 0 Å². The van der Waals surface area contributed by atoms with Gasteiger partial charge in [0.1, 0.15) is 0 Å². The standard InChI is InChI=1S/6C2HF3O2.2Tb/c6*3-2(4,5)1(6)7;;/h6*(H,6,7);;. The van der Waals surface area contributed by atoms with Gasteiger partial charge in [0.2, 0.25) is 0 Å². The van der Waals surface area contributed by atoms with Crippen LogP contribution in [0.15, 0.2) is 0 Å². The molecule has 0 rings (SSSR count). The zero-order valence-corrected chi connectivity index (χ0v) is 22.9. The average Bonchev–Trinajstić information content (AvgIpc) is 2.65. The summed E-state index contributed by atoms with van der Waals surface area (Å²) in [6.07, 6.45) is -30.5. The maximum absolute atomic E-state index is 10.6. The van der Waals surface area contributed by atoms with Gasteiger partial charge in [-0.2, -0.15) is 79.0 Å². The third-order valence-corrected chi connectivity index (χ3v) is 1.46. The number of carbonyl (C=O) groups is 6. The third kappa shape index (κ3) is 52.8. The molecule has 0 saturated heterocycles.